The van der Waals surface area contributed by atoms with Crippen LogP contribution in [0.15, 0.2) is 18.3 Å². The molecule has 2 aromatic rings. The zero-order valence-electron chi connectivity index (χ0n) is 17.2. The van der Waals surface area contributed by atoms with Gasteiger partial charge in [-0.3, -0.25) is 0 Å². The van der Waals surface area contributed by atoms with Gasteiger partial charge in [-0.2, -0.15) is 18.2 Å². The van der Waals surface area contributed by atoms with E-state index in [0.717, 1.165) is 38.2 Å². The fourth-order valence-corrected chi connectivity index (χ4v) is 3.42. The molecule has 3 rings (SSSR count). The summed E-state index contributed by atoms with van der Waals surface area (Å²) in [7, 11) is 0. The van der Waals surface area contributed by atoms with E-state index in [9.17, 15) is 13.2 Å². The maximum atomic E-state index is 13.7. The van der Waals surface area contributed by atoms with Crippen molar-refractivity contribution in [2.75, 3.05) is 54.9 Å². The lowest BCUT2D eigenvalue weighted by Crippen LogP contribution is -2.38. The lowest BCUT2D eigenvalue weighted by atomic mass is 10.1. The molecule has 2 N–H and O–H groups in total. The molecule has 1 aliphatic heterocycles. The summed E-state index contributed by atoms with van der Waals surface area (Å²) in [5.41, 5.74) is 4.75. The van der Waals surface area contributed by atoms with Gasteiger partial charge in [0.15, 0.2) is 0 Å². The van der Waals surface area contributed by atoms with Gasteiger partial charge in [-0.25, -0.2) is 9.97 Å². The summed E-state index contributed by atoms with van der Waals surface area (Å²) in [6.07, 6.45) is -1.66. The topological polar surface area (TPSA) is 80.4 Å². The summed E-state index contributed by atoms with van der Waals surface area (Å²) in [5, 5.41) is 0. The Morgan fingerprint density at radius 3 is 2.37 bits per heavy atom. The summed E-state index contributed by atoms with van der Waals surface area (Å²) < 4.78 is 46.5. The Balaban J connectivity index is 2.15. The first-order valence-electron chi connectivity index (χ1n) is 10.1. The molecule has 7 nitrogen and oxygen atoms in total. The molecule has 164 valence electrons. The van der Waals surface area contributed by atoms with Crippen LogP contribution < -0.4 is 15.5 Å². The van der Waals surface area contributed by atoms with Crippen molar-refractivity contribution < 1.29 is 17.9 Å². The third-order valence-corrected chi connectivity index (χ3v) is 4.81. The number of halogens is 3. The fourth-order valence-electron chi connectivity index (χ4n) is 3.42. The van der Waals surface area contributed by atoms with E-state index in [0.29, 0.717) is 38.1 Å². The maximum Gasteiger partial charge on any atom is 0.417 e. The lowest BCUT2D eigenvalue weighted by Gasteiger charge is -2.29. The van der Waals surface area contributed by atoms with Crippen molar-refractivity contribution in [2.24, 2.45) is 0 Å². The second kappa shape index (κ2) is 9.46. The molecule has 1 aliphatic rings. The number of anilines is 3. The van der Waals surface area contributed by atoms with Crippen LogP contribution in [-0.2, 0) is 10.9 Å². The molecule has 0 saturated carbocycles. The van der Waals surface area contributed by atoms with Crippen LogP contribution in [0.5, 0.6) is 0 Å². The molecular formula is C20H27F3N6O. The summed E-state index contributed by atoms with van der Waals surface area (Å²) in [5.74, 6) is 0.815. The van der Waals surface area contributed by atoms with Gasteiger partial charge in [-0.05, 0) is 18.9 Å². The second-order valence-electron chi connectivity index (χ2n) is 7.15. The van der Waals surface area contributed by atoms with Crippen LogP contribution in [0.3, 0.4) is 0 Å². The third kappa shape index (κ3) is 5.10. The van der Waals surface area contributed by atoms with E-state index in [4.69, 9.17) is 10.5 Å². The standard InChI is InChI=1S/C20H27F3N6O/c1-3-5-28(6-4-2)18-12-16(26-19(27-18)29-7-9-30-10-8-29)14-13-25-17(24)11-15(14)20(21,22)23/h11-13H,3-10H2,1-2H3,(H2,24,25). The Hall–Kier alpha value is -2.62. The van der Waals surface area contributed by atoms with Gasteiger partial charge in [0.05, 0.1) is 24.5 Å². The highest BCUT2D eigenvalue weighted by molar-refractivity contribution is 5.69. The quantitative estimate of drug-likeness (QED) is 0.727. The molecule has 2 aromatic heterocycles. The highest BCUT2D eigenvalue weighted by atomic mass is 19.4. The third-order valence-electron chi connectivity index (χ3n) is 4.81. The van der Waals surface area contributed by atoms with Crippen molar-refractivity contribution >= 4 is 17.6 Å². The van der Waals surface area contributed by atoms with Gasteiger partial charge >= 0.3 is 6.18 Å². The normalized spacial score (nSPS) is 14.8. The van der Waals surface area contributed by atoms with E-state index >= 15 is 0 Å². The van der Waals surface area contributed by atoms with Crippen LogP contribution in [0.1, 0.15) is 32.3 Å². The van der Waals surface area contributed by atoms with Gasteiger partial charge in [0.2, 0.25) is 5.95 Å². The van der Waals surface area contributed by atoms with Crippen molar-refractivity contribution in [1.82, 2.24) is 15.0 Å². The number of nitrogen functional groups attached to an aromatic ring is 1. The Bertz CT molecular complexity index is 849. The largest absolute Gasteiger partial charge is 0.417 e. The van der Waals surface area contributed by atoms with E-state index in [-0.39, 0.29) is 17.1 Å². The summed E-state index contributed by atoms with van der Waals surface area (Å²) in [6, 6.07) is 2.46. The molecule has 0 radical (unpaired) electrons. The molecule has 0 atom stereocenters. The first-order valence-corrected chi connectivity index (χ1v) is 10.1. The van der Waals surface area contributed by atoms with Crippen molar-refractivity contribution in [3.05, 3.63) is 23.9 Å². The van der Waals surface area contributed by atoms with Gasteiger partial charge < -0.3 is 20.3 Å². The Morgan fingerprint density at radius 2 is 1.77 bits per heavy atom. The lowest BCUT2D eigenvalue weighted by molar-refractivity contribution is -0.137. The number of pyridine rings is 1. The molecule has 0 amide bonds. The second-order valence-corrected chi connectivity index (χ2v) is 7.15. The van der Waals surface area contributed by atoms with Crippen molar-refractivity contribution in [1.29, 1.82) is 0 Å². The molecule has 1 saturated heterocycles. The van der Waals surface area contributed by atoms with Gasteiger partial charge in [0.25, 0.3) is 0 Å². The zero-order valence-corrected chi connectivity index (χ0v) is 17.2. The van der Waals surface area contributed by atoms with Crippen LogP contribution in [-0.4, -0.2) is 54.3 Å². The van der Waals surface area contributed by atoms with E-state index in [1.807, 2.05) is 4.90 Å². The molecule has 0 aromatic carbocycles. The number of hydrogen-bond donors (Lipinski definition) is 1. The van der Waals surface area contributed by atoms with Crippen LogP contribution in [0, 0.1) is 0 Å². The van der Waals surface area contributed by atoms with Crippen molar-refractivity contribution in [3.63, 3.8) is 0 Å². The molecule has 3 heterocycles. The summed E-state index contributed by atoms with van der Waals surface area (Å²) >= 11 is 0. The number of morpholine rings is 1. The van der Waals surface area contributed by atoms with Gasteiger partial charge in [-0.1, -0.05) is 13.8 Å². The van der Waals surface area contributed by atoms with Gasteiger partial charge in [0, 0.05) is 44.0 Å². The maximum absolute atomic E-state index is 13.7. The van der Waals surface area contributed by atoms with Crippen LogP contribution >= 0.6 is 0 Å². The summed E-state index contributed by atoms with van der Waals surface area (Å²) in [6.45, 7) is 7.81. The highest BCUT2D eigenvalue weighted by Gasteiger charge is 2.35. The molecule has 0 spiro atoms. The number of hydrogen-bond acceptors (Lipinski definition) is 7. The highest BCUT2D eigenvalue weighted by Crippen LogP contribution is 2.38. The molecule has 0 bridgehead atoms. The van der Waals surface area contributed by atoms with Crippen LogP contribution in [0.25, 0.3) is 11.3 Å². The van der Waals surface area contributed by atoms with Gasteiger partial charge in [-0.15, -0.1) is 0 Å². The average molecular weight is 424 g/mol. The average Bonchev–Trinajstić information content (AvgIpc) is 2.73. The number of nitrogens with two attached hydrogens (primary N) is 1. The Morgan fingerprint density at radius 1 is 1.10 bits per heavy atom. The minimum atomic E-state index is -4.58. The number of rotatable bonds is 7. The smallest absolute Gasteiger partial charge is 0.384 e. The minimum Gasteiger partial charge on any atom is -0.384 e. The van der Waals surface area contributed by atoms with E-state index in [1.165, 1.54) is 0 Å². The number of aromatic nitrogens is 3. The Kier molecular flexibility index (Phi) is 6.96. The van der Waals surface area contributed by atoms with Crippen molar-refractivity contribution in [3.8, 4) is 11.3 Å². The first kappa shape index (κ1) is 22.1. The van der Waals surface area contributed by atoms with Crippen molar-refractivity contribution in [2.45, 2.75) is 32.9 Å². The van der Waals surface area contributed by atoms with Crippen LogP contribution in [0.2, 0.25) is 0 Å². The van der Waals surface area contributed by atoms with Gasteiger partial charge in [0.1, 0.15) is 11.6 Å². The molecular weight excluding hydrogens is 397 g/mol. The molecule has 1 fully saturated rings. The van der Waals surface area contributed by atoms with E-state index in [1.54, 1.807) is 6.07 Å². The number of nitrogens with zero attached hydrogens (tertiary/aromatic N) is 5. The zero-order chi connectivity index (χ0) is 21.7. The first-order chi connectivity index (χ1) is 14.3. The predicted molar refractivity (Wildman–Crippen MR) is 111 cm³/mol. The SMILES string of the molecule is CCCN(CCC)c1cc(-c2cnc(N)cc2C(F)(F)F)nc(N2CCOCC2)n1. The molecule has 10 heteroatoms. The molecule has 0 aliphatic carbocycles. The predicted octanol–water partition coefficient (Wildman–Crippen LogP) is 3.60. The number of ether oxygens (including phenoxy) is 1. The van der Waals surface area contributed by atoms with E-state index < -0.39 is 11.7 Å². The number of alkyl halides is 3. The fraction of sp³-hybridized carbons (Fsp3) is 0.550. The minimum absolute atomic E-state index is 0.109. The van der Waals surface area contributed by atoms with E-state index in [2.05, 4.69) is 33.7 Å². The molecule has 30 heavy (non-hydrogen) atoms. The molecule has 0 unspecified atom stereocenters. The van der Waals surface area contributed by atoms with Crippen LogP contribution in [0.4, 0.5) is 30.8 Å². The Labute approximate surface area is 174 Å². The summed E-state index contributed by atoms with van der Waals surface area (Å²) in [4.78, 5) is 17.1. The monoisotopic (exact) mass is 424 g/mol.